The first-order chi connectivity index (χ1) is 15.6. The highest BCUT2D eigenvalue weighted by Gasteiger charge is 2.14. The molecule has 1 N–H and O–H groups in total. The maximum Gasteiger partial charge on any atom is 0.203 e. The first-order valence-corrected chi connectivity index (χ1v) is 11.6. The molecule has 0 saturated heterocycles. The number of hydrogen-bond acceptors (Lipinski definition) is 8. The molecule has 0 radical (unpaired) electrons. The van der Waals surface area contributed by atoms with E-state index in [9.17, 15) is 4.79 Å². The van der Waals surface area contributed by atoms with Crippen molar-refractivity contribution in [2.24, 2.45) is 5.10 Å². The molecule has 0 fully saturated rings. The van der Waals surface area contributed by atoms with E-state index in [2.05, 4.69) is 20.5 Å². The maximum absolute atomic E-state index is 12.6. The Labute approximate surface area is 195 Å². The summed E-state index contributed by atoms with van der Waals surface area (Å²) in [5.74, 6) is 0. The van der Waals surface area contributed by atoms with Gasteiger partial charge in [0, 0.05) is 16.0 Å². The van der Waals surface area contributed by atoms with Gasteiger partial charge in [0.25, 0.3) is 0 Å². The van der Waals surface area contributed by atoms with E-state index in [1.807, 2.05) is 42.6 Å². The Kier molecular flexibility index (Phi) is 5.57. The molecule has 5 aromatic rings. The Morgan fingerprint density at radius 2 is 2.00 bits per heavy atom. The molecule has 3 aromatic heterocycles. The van der Waals surface area contributed by atoms with Gasteiger partial charge in [0.1, 0.15) is 16.9 Å². The number of hydrazone groups is 1. The molecular formula is C23H15ClN4O2S2. The van der Waals surface area contributed by atoms with E-state index in [-0.39, 0.29) is 5.43 Å². The predicted molar refractivity (Wildman–Crippen MR) is 132 cm³/mol. The van der Waals surface area contributed by atoms with Gasteiger partial charge in [0.05, 0.1) is 33.4 Å². The summed E-state index contributed by atoms with van der Waals surface area (Å²) >= 11 is 9.02. The summed E-state index contributed by atoms with van der Waals surface area (Å²) in [5.41, 5.74) is 6.33. The fraction of sp³-hybridized carbons (Fsp3) is 0.0435. The summed E-state index contributed by atoms with van der Waals surface area (Å²) in [6.45, 7) is 1.98. The number of aromatic nitrogens is 2. The standard InChI is InChI=1S/C23H15ClN4O2S2/c1-13-21(32-22(26-13)14-5-3-2-4-6-14)18-12-31-23(27-18)28-25-10-15-11-30-19-8-7-16(24)9-17(19)20(15)29/h2-12H,1H3,(H,27,28)/b25-10+. The molecule has 0 aliphatic carbocycles. The molecule has 5 rings (SSSR count). The Morgan fingerprint density at radius 1 is 1.16 bits per heavy atom. The number of nitrogens with one attached hydrogen (secondary N) is 1. The number of aryl methyl sites for hydroxylation is 1. The molecule has 0 bridgehead atoms. The molecule has 0 spiro atoms. The second kappa shape index (κ2) is 8.66. The molecule has 158 valence electrons. The molecule has 0 unspecified atom stereocenters. The molecule has 9 heteroatoms. The van der Waals surface area contributed by atoms with Gasteiger partial charge in [0.15, 0.2) is 0 Å². The Morgan fingerprint density at radius 3 is 2.84 bits per heavy atom. The number of anilines is 1. The highest BCUT2D eigenvalue weighted by molar-refractivity contribution is 7.19. The van der Waals surface area contributed by atoms with Crippen molar-refractivity contribution in [2.45, 2.75) is 6.92 Å². The number of halogens is 1. The third kappa shape index (κ3) is 4.08. The second-order valence-corrected chi connectivity index (χ2v) is 9.16. The van der Waals surface area contributed by atoms with Crippen LogP contribution < -0.4 is 10.9 Å². The van der Waals surface area contributed by atoms with Crippen molar-refractivity contribution in [3.63, 3.8) is 0 Å². The normalized spacial score (nSPS) is 11.4. The van der Waals surface area contributed by atoms with Gasteiger partial charge in [-0.2, -0.15) is 5.10 Å². The average Bonchev–Trinajstić information content (AvgIpc) is 3.43. The highest BCUT2D eigenvalue weighted by Crippen LogP contribution is 2.36. The van der Waals surface area contributed by atoms with Crippen molar-refractivity contribution in [3.8, 4) is 21.1 Å². The van der Waals surface area contributed by atoms with E-state index in [0.717, 1.165) is 26.8 Å². The largest absolute Gasteiger partial charge is 0.463 e. The van der Waals surface area contributed by atoms with Crippen LogP contribution in [0.1, 0.15) is 11.3 Å². The lowest BCUT2D eigenvalue weighted by molar-refractivity contribution is 0.601. The monoisotopic (exact) mass is 478 g/mol. The van der Waals surface area contributed by atoms with Crippen molar-refractivity contribution in [1.29, 1.82) is 0 Å². The molecule has 0 aliphatic rings. The third-order valence-electron chi connectivity index (χ3n) is 4.68. The molecular weight excluding hydrogens is 464 g/mol. The van der Waals surface area contributed by atoms with E-state index < -0.39 is 0 Å². The van der Waals surface area contributed by atoms with Crippen molar-refractivity contribution < 1.29 is 4.42 Å². The number of hydrogen-bond donors (Lipinski definition) is 1. The number of thiazole rings is 2. The van der Waals surface area contributed by atoms with E-state index in [1.165, 1.54) is 23.8 Å². The van der Waals surface area contributed by atoms with Gasteiger partial charge < -0.3 is 4.42 Å². The Balaban J connectivity index is 1.35. The van der Waals surface area contributed by atoms with Gasteiger partial charge in [-0.05, 0) is 25.1 Å². The molecule has 2 aromatic carbocycles. The topological polar surface area (TPSA) is 80.4 Å². The van der Waals surface area contributed by atoms with Gasteiger partial charge in [-0.3, -0.25) is 10.2 Å². The summed E-state index contributed by atoms with van der Waals surface area (Å²) in [5, 5.41) is 8.56. The average molecular weight is 479 g/mol. The summed E-state index contributed by atoms with van der Waals surface area (Å²) in [6, 6.07) is 15.0. The third-order valence-corrected chi connectivity index (χ3v) is 6.89. The molecule has 0 amide bonds. The van der Waals surface area contributed by atoms with Crippen LogP contribution in [-0.2, 0) is 0 Å². The lowest BCUT2D eigenvalue weighted by Crippen LogP contribution is -2.08. The van der Waals surface area contributed by atoms with Crippen LogP contribution in [-0.4, -0.2) is 16.2 Å². The van der Waals surface area contributed by atoms with Gasteiger partial charge in [-0.15, -0.1) is 22.7 Å². The first kappa shape index (κ1) is 20.6. The number of rotatable bonds is 5. The van der Waals surface area contributed by atoms with E-state index in [0.29, 0.717) is 26.7 Å². The lowest BCUT2D eigenvalue weighted by Gasteiger charge is -1.99. The smallest absolute Gasteiger partial charge is 0.203 e. The first-order valence-electron chi connectivity index (χ1n) is 9.57. The van der Waals surface area contributed by atoms with E-state index in [4.69, 9.17) is 16.0 Å². The van der Waals surface area contributed by atoms with Crippen LogP contribution in [0.3, 0.4) is 0 Å². The molecule has 6 nitrogen and oxygen atoms in total. The van der Waals surface area contributed by atoms with Crippen LogP contribution in [0.15, 0.2) is 74.5 Å². The number of benzene rings is 2. The van der Waals surface area contributed by atoms with Crippen LogP contribution in [0, 0.1) is 6.92 Å². The molecule has 0 saturated carbocycles. The fourth-order valence-electron chi connectivity index (χ4n) is 3.13. The van der Waals surface area contributed by atoms with Crippen LogP contribution in [0.4, 0.5) is 5.13 Å². The van der Waals surface area contributed by atoms with Crippen LogP contribution >= 0.6 is 34.3 Å². The second-order valence-electron chi connectivity index (χ2n) is 6.87. The van der Waals surface area contributed by atoms with Crippen LogP contribution in [0.25, 0.3) is 32.1 Å². The highest BCUT2D eigenvalue weighted by atomic mass is 35.5. The zero-order valence-corrected chi connectivity index (χ0v) is 19.1. The van der Waals surface area contributed by atoms with Gasteiger partial charge in [-0.25, -0.2) is 9.97 Å². The van der Waals surface area contributed by atoms with E-state index in [1.54, 1.807) is 29.5 Å². The van der Waals surface area contributed by atoms with E-state index >= 15 is 0 Å². The zero-order valence-electron chi connectivity index (χ0n) is 16.7. The number of fused-ring (bicyclic) bond motifs is 1. The quantitative estimate of drug-likeness (QED) is 0.232. The van der Waals surface area contributed by atoms with Crippen molar-refractivity contribution in [2.75, 3.05) is 5.43 Å². The molecule has 0 atom stereocenters. The Hall–Kier alpha value is -3.33. The molecule has 3 heterocycles. The van der Waals surface area contributed by atoms with Gasteiger partial charge in [0.2, 0.25) is 10.6 Å². The fourth-order valence-corrected chi connectivity index (χ4v) is 5.06. The Bertz CT molecular complexity index is 1510. The van der Waals surface area contributed by atoms with Crippen LogP contribution in [0.5, 0.6) is 0 Å². The SMILES string of the molecule is Cc1nc(-c2ccccc2)sc1-c1csc(N/N=C/c2coc3ccc(Cl)cc3c2=O)n1. The maximum atomic E-state index is 12.6. The van der Waals surface area contributed by atoms with Crippen LogP contribution in [0.2, 0.25) is 5.02 Å². The predicted octanol–water partition coefficient (Wildman–Crippen LogP) is 6.45. The molecule has 0 aliphatic heterocycles. The zero-order chi connectivity index (χ0) is 22.1. The van der Waals surface area contributed by atoms with Gasteiger partial charge in [-0.1, -0.05) is 41.9 Å². The minimum Gasteiger partial charge on any atom is -0.463 e. The molecule has 32 heavy (non-hydrogen) atoms. The van der Waals surface area contributed by atoms with Crippen molar-refractivity contribution in [3.05, 3.63) is 86.7 Å². The summed E-state index contributed by atoms with van der Waals surface area (Å²) < 4.78 is 5.50. The minimum absolute atomic E-state index is 0.201. The van der Waals surface area contributed by atoms with Crippen molar-refractivity contribution in [1.82, 2.24) is 9.97 Å². The minimum atomic E-state index is -0.201. The van der Waals surface area contributed by atoms with Gasteiger partial charge >= 0.3 is 0 Å². The lowest BCUT2D eigenvalue weighted by atomic mass is 10.2. The van der Waals surface area contributed by atoms with Crippen molar-refractivity contribution >= 4 is 56.6 Å². The number of nitrogens with zero attached hydrogens (tertiary/aromatic N) is 3. The summed E-state index contributed by atoms with van der Waals surface area (Å²) in [6.07, 6.45) is 2.79. The summed E-state index contributed by atoms with van der Waals surface area (Å²) in [7, 11) is 0. The summed E-state index contributed by atoms with van der Waals surface area (Å²) in [4.78, 5) is 22.9.